The first-order valence-corrected chi connectivity index (χ1v) is 16.2. The van der Waals surface area contributed by atoms with Gasteiger partial charge in [0, 0.05) is 18.6 Å². The van der Waals surface area contributed by atoms with Gasteiger partial charge in [-0.25, -0.2) is 4.79 Å². The minimum absolute atomic E-state index is 0.110. The van der Waals surface area contributed by atoms with Crippen molar-refractivity contribution < 1.29 is 19.4 Å². The van der Waals surface area contributed by atoms with Crippen molar-refractivity contribution in [1.82, 2.24) is 0 Å². The highest BCUT2D eigenvalue weighted by Gasteiger charge is 2.59. The maximum absolute atomic E-state index is 13.0. The Hall–Kier alpha value is -2.77. The SMILES string of the molecule is CC(C)CCC[C@@H](C)[C@@H]1CC[C@@H]2[C@H]3CC=C4C[C@@H](OC(=O)c5cc([N+](=O)[O-])cc([N+](=O)[O-])c5)CC[C@]4(C)[C@@H]3CC[C@@]21C. The third-order valence-electron chi connectivity index (χ3n) is 12.1. The highest BCUT2D eigenvalue weighted by atomic mass is 16.6. The molecule has 5 rings (SSSR count). The number of ether oxygens (including phenoxy) is 1. The maximum atomic E-state index is 13.0. The summed E-state index contributed by atoms with van der Waals surface area (Å²) in [6.07, 6.45) is 14.9. The zero-order chi connectivity index (χ0) is 30.4. The van der Waals surface area contributed by atoms with Gasteiger partial charge in [-0.05, 0) is 91.3 Å². The third-order valence-corrected chi connectivity index (χ3v) is 12.1. The number of carbonyl (C=O) groups is 1. The molecule has 0 radical (unpaired) electrons. The number of non-ortho nitro benzene ring substituents is 2. The summed E-state index contributed by atoms with van der Waals surface area (Å²) >= 11 is 0. The van der Waals surface area contributed by atoms with Crippen LogP contribution in [0.1, 0.15) is 116 Å². The summed E-state index contributed by atoms with van der Waals surface area (Å²) in [5, 5.41) is 22.6. The van der Waals surface area contributed by atoms with Gasteiger partial charge in [0.15, 0.2) is 0 Å². The molecule has 8 heteroatoms. The molecule has 1 aromatic carbocycles. The molecule has 0 heterocycles. The summed E-state index contributed by atoms with van der Waals surface area (Å²) in [6, 6.07) is 2.99. The highest BCUT2D eigenvalue weighted by Crippen LogP contribution is 2.67. The summed E-state index contributed by atoms with van der Waals surface area (Å²) in [6.45, 7) is 12.2. The van der Waals surface area contributed by atoms with E-state index < -0.39 is 27.2 Å². The van der Waals surface area contributed by atoms with Crippen LogP contribution in [0.25, 0.3) is 0 Å². The lowest BCUT2D eigenvalue weighted by atomic mass is 9.47. The molecular weight excluding hydrogens is 532 g/mol. The van der Waals surface area contributed by atoms with Crippen molar-refractivity contribution in [2.75, 3.05) is 0 Å². The second-order valence-corrected chi connectivity index (χ2v) is 14.8. The number of nitro benzene ring substituents is 2. The Morgan fingerprint density at radius 2 is 1.64 bits per heavy atom. The van der Waals surface area contributed by atoms with Crippen LogP contribution >= 0.6 is 0 Å². The summed E-state index contributed by atoms with van der Waals surface area (Å²) in [4.78, 5) is 34.1. The van der Waals surface area contributed by atoms with Crippen molar-refractivity contribution >= 4 is 17.3 Å². The Labute approximate surface area is 250 Å². The van der Waals surface area contributed by atoms with E-state index in [0.717, 1.165) is 67.1 Å². The van der Waals surface area contributed by atoms with Gasteiger partial charge in [-0.2, -0.15) is 0 Å². The number of carbonyl (C=O) groups excluding carboxylic acids is 1. The summed E-state index contributed by atoms with van der Waals surface area (Å²) in [7, 11) is 0. The van der Waals surface area contributed by atoms with Gasteiger partial charge in [-0.3, -0.25) is 20.2 Å². The Morgan fingerprint density at radius 3 is 2.29 bits per heavy atom. The van der Waals surface area contributed by atoms with E-state index in [-0.39, 0.29) is 17.1 Å². The van der Waals surface area contributed by atoms with Gasteiger partial charge < -0.3 is 4.74 Å². The molecular formula is C34H48N2O6. The number of nitrogens with zero attached hydrogens (tertiary/aromatic N) is 2. The number of rotatable bonds is 9. The molecule has 0 amide bonds. The molecule has 8 nitrogen and oxygen atoms in total. The second kappa shape index (κ2) is 11.7. The average Bonchev–Trinajstić information content (AvgIpc) is 3.30. The van der Waals surface area contributed by atoms with Gasteiger partial charge in [0.05, 0.1) is 21.5 Å². The fourth-order valence-corrected chi connectivity index (χ4v) is 9.90. The van der Waals surface area contributed by atoms with Crippen molar-refractivity contribution in [2.24, 2.45) is 46.3 Å². The quantitative estimate of drug-likeness (QED) is 0.125. The van der Waals surface area contributed by atoms with Crippen LogP contribution < -0.4 is 0 Å². The molecule has 0 N–H and O–H groups in total. The van der Waals surface area contributed by atoms with E-state index in [1.165, 1.54) is 50.5 Å². The average molecular weight is 581 g/mol. The molecule has 0 saturated heterocycles. The predicted octanol–water partition coefficient (Wildman–Crippen LogP) is 9.07. The third kappa shape index (κ3) is 5.62. The van der Waals surface area contributed by atoms with Gasteiger partial charge >= 0.3 is 5.97 Å². The van der Waals surface area contributed by atoms with Gasteiger partial charge in [0.2, 0.25) is 0 Å². The number of fused-ring (bicyclic) bond motifs is 5. The Kier molecular flexibility index (Phi) is 8.56. The molecule has 4 aliphatic rings. The van der Waals surface area contributed by atoms with Gasteiger partial charge in [0.1, 0.15) is 6.10 Å². The number of nitro groups is 2. The minimum atomic E-state index is -0.738. The number of hydrogen-bond acceptors (Lipinski definition) is 6. The van der Waals surface area contributed by atoms with E-state index in [1.54, 1.807) is 0 Å². The van der Waals surface area contributed by atoms with Crippen LogP contribution in [-0.4, -0.2) is 21.9 Å². The zero-order valence-corrected chi connectivity index (χ0v) is 26.0. The highest BCUT2D eigenvalue weighted by molar-refractivity contribution is 5.91. The fourth-order valence-electron chi connectivity index (χ4n) is 9.90. The number of allylic oxidation sites excluding steroid dienone is 1. The fraction of sp³-hybridized carbons (Fsp3) is 0.735. The predicted molar refractivity (Wildman–Crippen MR) is 162 cm³/mol. The van der Waals surface area contributed by atoms with Crippen LogP contribution in [0.4, 0.5) is 11.4 Å². The topological polar surface area (TPSA) is 113 Å². The molecule has 0 spiro atoms. The van der Waals surface area contributed by atoms with E-state index in [0.29, 0.717) is 17.8 Å². The van der Waals surface area contributed by atoms with Crippen molar-refractivity contribution in [1.29, 1.82) is 0 Å². The first-order valence-electron chi connectivity index (χ1n) is 16.2. The molecule has 0 unspecified atom stereocenters. The molecule has 1 aromatic rings. The van der Waals surface area contributed by atoms with E-state index in [9.17, 15) is 25.0 Å². The lowest BCUT2D eigenvalue weighted by Crippen LogP contribution is -2.51. The van der Waals surface area contributed by atoms with Crippen molar-refractivity contribution in [3.8, 4) is 0 Å². The molecule has 42 heavy (non-hydrogen) atoms. The van der Waals surface area contributed by atoms with Crippen molar-refractivity contribution in [3.05, 3.63) is 55.6 Å². The van der Waals surface area contributed by atoms with E-state index in [1.807, 2.05) is 0 Å². The lowest BCUT2D eigenvalue weighted by Gasteiger charge is -2.58. The van der Waals surface area contributed by atoms with E-state index in [2.05, 4.69) is 40.7 Å². The lowest BCUT2D eigenvalue weighted by molar-refractivity contribution is -0.394. The zero-order valence-electron chi connectivity index (χ0n) is 26.0. The van der Waals surface area contributed by atoms with Crippen LogP contribution in [0, 0.1) is 66.6 Å². The van der Waals surface area contributed by atoms with Gasteiger partial charge in [-0.1, -0.05) is 65.5 Å². The van der Waals surface area contributed by atoms with Crippen LogP contribution in [0.5, 0.6) is 0 Å². The first-order chi connectivity index (χ1) is 19.8. The summed E-state index contributed by atoms with van der Waals surface area (Å²) in [5.41, 5.74) is 0.806. The smallest absolute Gasteiger partial charge is 0.338 e. The Balaban J connectivity index is 1.27. The summed E-state index contributed by atoms with van der Waals surface area (Å²) in [5.74, 6) is 3.81. The first kappa shape index (κ1) is 30.7. The van der Waals surface area contributed by atoms with Crippen LogP contribution in [0.2, 0.25) is 0 Å². The molecule has 0 aliphatic heterocycles. The number of benzene rings is 1. The Bertz CT molecular complexity index is 1230. The summed E-state index contributed by atoms with van der Waals surface area (Å²) < 4.78 is 5.82. The van der Waals surface area contributed by atoms with Crippen molar-refractivity contribution in [3.63, 3.8) is 0 Å². The van der Waals surface area contributed by atoms with Crippen LogP contribution in [0.3, 0.4) is 0 Å². The molecule has 3 saturated carbocycles. The minimum Gasteiger partial charge on any atom is -0.458 e. The maximum Gasteiger partial charge on any atom is 0.338 e. The molecule has 4 aliphatic carbocycles. The van der Waals surface area contributed by atoms with Crippen molar-refractivity contribution in [2.45, 2.75) is 111 Å². The van der Waals surface area contributed by atoms with Gasteiger partial charge in [-0.15, -0.1) is 0 Å². The number of esters is 1. The second-order valence-electron chi connectivity index (χ2n) is 14.8. The molecule has 3 fully saturated rings. The molecule has 0 bridgehead atoms. The van der Waals surface area contributed by atoms with E-state index >= 15 is 0 Å². The normalized spacial score (nSPS) is 34.5. The standard InChI is InChI=1S/C34H48N2O6/c1-21(2)7-6-8-22(3)29-11-12-30-28-10-9-24-19-27(13-15-33(24,4)31(28)14-16-34(29,30)5)42-32(37)23-17-25(35(38)39)20-26(18-23)36(40)41/h9,17-18,20-22,27-31H,6-8,10-16,19H2,1-5H3/t22-,27+,28-,29+,30-,31-,33+,34-/m1/s1. The Morgan fingerprint density at radius 1 is 0.952 bits per heavy atom. The molecule has 230 valence electrons. The largest absolute Gasteiger partial charge is 0.458 e. The number of hydrogen-bond donors (Lipinski definition) is 0. The van der Waals surface area contributed by atoms with E-state index in [4.69, 9.17) is 4.74 Å². The van der Waals surface area contributed by atoms with Crippen LogP contribution in [-0.2, 0) is 4.74 Å². The van der Waals surface area contributed by atoms with Crippen LogP contribution in [0.15, 0.2) is 29.8 Å². The molecule has 8 atom stereocenters. The van der Waals surface area contributed by atoms with Gasteiger partial charge in [0.25, 0.3) is 11.4 Å². The monoisotopic (exact) mass is 580 g/mol. The molecule has 0 aromatic heterocycles.